The second kappa shape index (κ2) is 6.98. The summed E-state index contributed by atoms with van der Waals surface area (Å²) in [5, 5.41) is 12.4. The van der Waals surface area contributed by atoms with E-state index in [1.807, 2.05) is 0 Å². The Morgan fingerprint density at radius 3 is 2.59 bits per heavy atom. The lowest BCUT2D eigenvalue weighted by Gasteiger charge is -2.37. The number of rotatable bonds is 6. The molecule has 0 aromatic carbocycles. The van der Waals surface area contributed by atoms with E-state index in [2.05, 4.69) is 32.2 Å². The summed E-state index contributed by atoms with van der Waals surface area (Å²) in [5.74, 6) is 0.895. The van der Waals surface area contributed by atoms with Crippen LogP contribution < -0.4 is 5.32 Å². The van der Waals surface area contributed by atoms with E-state index in [4.69, 9.17) is 10.00 Å². The van der Waals surface area contributed by atoms with E-state index >= 15 is 0 Å². The Balaban J connectivity index is 2.30. The Morgan fingerprint density at radius 2 is 2.06 bits per heavy atom. The maximum Gasteiger partial charge on any atom is 0.0669 e. The predicted molar refractivity (Wildman–Crippen MR) is 69.6 cm³/mol. The first kappa shape index (κ1) is 14.5. The zero-order valence-electron chi connectivity index (χ0n) is 11.5. The number of ether oxygens (including phenoxy) is 1. The van der Waals surface area contributed by atoms with Gasteiger partial charge in [-0.15, -0.1) is 0 Å². The molecule has 1 saturated heterocycles. The highest BCUT2D eigenvalue weighted by atomic mass is 16.5. The van der Waals surface area contributed by atoms with Crippen molar-refractivity contribution in [1.29, 1.82) is 5.26 Å². The van der Waals surface area contributed by atoms with Crippen molar-refractivity contribution < 1.29 is 4.74 Å². The van der Waals surface area contributed by atoms with Crippen LogP contribution in [0.4, 0.5) is 0 Å². The van der Waals surface area contributed by atoms with Gasteiger partial charge in [0.2, 0.25) is 0 Å². The van der Waals surface area contributed by atoms with Crippen molar-refractivity contribution in [3.63, 3.8) is 0 Å². The van der Waals surface area contributed by atoms with Crippen molar-refractivity contribution in [3.8, 4) is 6.07 Å². The molecule has 0 aromatic heterocycles. The number of hydrogen-bond acceptors (Lipinski definition) is 3. The molecule has 0 bridgehead atoms. The van der Waals surface area contributed by atoms with Crippen LogP contribution in [-0.4, -0.2) is 26.3 Å². The van der Waals surface area contributed by atoms with Gasteiger partial charge in [0.1, 0.15) is 0 Å². The summed E-state index contributed by atoms with van der Waals surface area (Å²) in [6.07, 6.45) is 3.27. The molecule has 17 heavy (non-hydrogen) atoms. The van der Waals surface area contributed by atoms with Gasteiger partial charge in [-0.05, 0) is 30.6 Å². The van der Waals surface area contributed by atoms with Crippen LogP contribution in [-0.2, 0) is 4.74 Å². The average Bonchev–Trinajstić information content (AvgIpc) is 2.36. The standard InChI is InChI=1S/C14H26N2O/c1-4-12(9-15)10-16-11-14(2,3)13-5-7-17-8-6-13/h12-13,16H,4-8,10-11H2,1-3H3. The summed E-state index contributed by atoms with van der Waals surface area (Å²) >= 11 is 0. The maximum absolute atomic E-state index is 8.90. The molecule has 0 spiro atoms. The van der Waals surface area contributed by atoms with E-state index in [0.717, 1.165) is 38.6 Å². The van der Waals surface area contributed by atoms with Gasteiger partial charge < -0.3 is 10.1 Å². The van der Waals surface area contributed by atoms with Gasteiger partial charge in [-0.3, -0.25) is 0 Å². The van der Waals surface area contributed by atoms with Crippen LogP contribution in [0.1, 0.15) is 40.0 Å². The van der Waals surface area contributed by atoms with E-state index in [9.17, 15) is 0 Å². The topological polar surface area (TPSA) is 45.0 Å². The van der Waals surface area contributed by atoms with Crippen molar-refractivity contribution in [2.45, 2.75) is 40.0 Å². The van der Waals surface area contributed by atoms with E-state index < -0.39 is 0 Å². The molecule has 1 heterocycles. The summed E-state index contributed by atoms with van der Waals surface area (Å²) in [6, 6.07) is 2.34. The lowest BCUT2D eigenvalue weighted by atomic mass is 9.74. The normalized spacial score (nSPS) is 19.9. The van der Waals surface area contributed by atoms with E-state index in [1.54, 1.807) is 0 Å². The first-order valence-corrected chi connectivity index (χ1v) is 6.78. The lowest BCUT2D eigenvalue weighted by molar-refractivity contribution is 0.0227. The molecule has 0 saturated carbocycles. The van der Waals surface area contributed by atoms with Gasteiger partial charge in [-0.25, -0.2) is 0 Å². The Bertz CT molecular complexity index is 251. The zero-order valence-corrected chi connectivity index (χ0v) is 11.5. The molecule has 3 heteroatoms. The minimum atomic E-state index is 0.153. The zero-order chi connectivity index (χ0) is 12.7. The molecule has 1 aliphatic rings. The van der Waals surface area contributed by atoms with Crippen molar-refractivity contribution in [2.75, 3.05) is 26.3 Å². The van der Waals surface area contributed by atoms with Crippen LogP contribution in [0.5, 0.6) is 0 Å². The third kappa shape index (κ3) is 4.65. The van der Waals surface area contributed by atoms with Crippen LogP contribution in [0.15, 0.2) is 0 Å². The first-order valence-electron chi connectivity index (χ1n) is 6.78. The molecule has 1 aliphatic heterocycles. The van der Waals surface area contributed by atoms with Crippen LogP contribution in [0.2, 0.25) is 0 Å². The first-order chi connectivity index (χ1) is 8.10. The molecule has 3 nitrogen and oxygen atoms in total. The number of nitriles is 1. The van der Waals surface area contributed by atoms with Crippen molar-refractivity contribution in [2.24, 2.45) is 17.3 Å². The van der Waals surface area contributed by atoms with Gasteiger partial charge in [0.25, 0.3) is 0 Å². The van der Waals surface area contributed by atoms with Crippen LogP contribution >= 0.6 is 0 Å². The molecule has 1 unspecified atom stereocenters. The Labute approximate surface area is 106 Å². The van der Waals surface area contributed by atoms with Crippen molar-refractivity contribution in [1.82, 2.24) is 5.32 Å². The van der Waals surface area contributed by atoms with Gasteiger partial charge in [-0.1, -0.05) is 20.8 Å². The average molecular weight is 238 g/mol. The van der Waals surface area contributed by atoms with Crippen molar-refractivity contribution in [3.05, 3.63) is 0 Å². The van der Waals surface area contributed by atoms with Crippen LogP contribution in [0.3, 0.4) is 0 Å². The number of hydrogen-bond donors (Lipinski definition) is 1. The number of nitrogens with zero attached hydrogens (tertiary/aromatic N) is 1. The summed E-state index contributed by atoms with van der Waals surface area (Å²) in [4.78, 5) is 0. The van der Waals surface area contributed by atoms with E-state index in [-0.39, 0.29) is 5.92 Å². The van der Waals surface area contributed by atoms with E-state index in [1.165, 1.54) is 12.8 Å². The smallest absolute Gasteiger partial charge is 0.0669 e. The van der Waals surface area contributed by atoms with Crippen LogP contribution in [0.25, 0.3) is 0 Å². The number of nitrogens with one attached hydrogen (secondary N) is 1. The van der Waals surface area contributed by atoms with Gasteiger partial charge in [-0.2, -0.15) is 5.26 Å². The highest BCUT2D eigenvalue weighted by molar-refractivity contribution is 4.86. The molecular weight excluding hydrogens is 212 g/mol. The molecular formula is C14H26N2O. The lowest BCUT2D eigenvalue weighted by Crippen LogP contribution is -2.39. The predicted octanol–water partition coefficient (Wildman–Crippen LogP) is 2.58. The maximum atomic E-state index is 8.90. The second-order valence-electron chi connectivity index (χ2n) is 5.74. The van der Waals surface area contributed by atoms with Gasteiger partial charge in [0.05, 0.1) is 12.0 Å². The molecule has 98 valence electrons. The highest BCUT2D eigenvalue weighted by Crippen LogP contribution is 2.33. The fourth-order valence-corrected chi connectivity index (χ4v) is 2.47. The molecule has 0 aliphatic carbocycles. The molecule has 1 rings (SSSR count). The van der Waals surface area contributed by atoms with Gasteiger partial charge in [0, 0.05) is 26.3 Å². The fraction of sp³-hybridized carbons (Fsp3) is 0.929. The van der Waals surface area contributed by atoms with Gasteiger partial charge in [0.15, 0.2) is 0 Å². The molecule has 0 radical (unpaired) electrons. The molecule has 1 atom stereocenters. The minimum Gasteiger partial charge on any atom is -0.381 e. The summed E-state index contributed by atoms with van der Waals surface area (Å²) in [6.45, 7) is 10.3. The second-order valence-corrected chi connectivity index (χ2v) is 5.74. The Kier molecular flexibility index (Phi) is 5.94. The monoisotopic (exact) mass is 238 g/mol. The molecule has 0 aromatic rings. The third-order valence-electron chi connectivity index (χ3n) is 3.97. The van der Waals surface area contributed by atoms with Gasteiger partial charge >= 0.3 is 0 Å². The molecule has 0 amide bonds. The Hall–Kier alpha value is -0.590. The molecule has 1 fully saturated rings. The quantitative estimate of drug-likeness (QED) is 0.773. The van der Waals surface area contributed by atoms with Crippen LogP contribution in [0, 0.1) is 28.6 Å². The van der Waals surface area contributed by atoms with Crippen molar-refractivity contribution >= 4 is 0 Å². The minimum absolute atomic E-state index is 0.153. The fourth-order valence-electron chi connectivity index (χ4n) is 2.47. The third-order valence-corrected chi connectivity index (χ3v) is 3.97. The SMILES string of the molecule is CCC(C#N)CNCC(C)(C)C1CCOCC1. The summed E-state index contributed by atoms with van der Waals surface area (Å²) in [5.41, 5.74) is 0.303. The molecule has 1 N–H and O–H groups in total. The largest absolute Gasteiger partial charge is 0.381 e. The Morgan fingerprint density at radius 1 is 1.41 bits per heavy atom. The highest BCUT2D eigenvalue weighted by Gasteiger charge is 2.30. The van der Waals surface area contributed by atoms with E-state index in [0.29, 0.717) is 5.41 Å². The summed E-state index contributed by atoms with van der Waals surface area (Å²) in [7, 11) is 0. The summed E-state index contributed by atoms with van der Waals surface area (Å²) < 4.78 is 5.41.